The molecule has 0 saturated carbocycles. The summed E-state index contributed by atoms with van der Waals surface area (Å²) < 4.78 is 1.88. The Hall–Kier alpha value is -3.45. The van der Waals surface area contributed by atoms with Crippen LogP contribution in [0, 0.1) is 13.8 Å². The van der Waals surface area contributed by atoms with Gasteiger partial charge < -0.3 is 9.80 Å². The molecule has 0 unspecified atom stereocenters. The summed E-state index contributed by atoms with van der Waals surface area (Å²) >= 11 is 6.27. The van der Waals surface area contributed by atoms with Gasteiger partial charge in [-0.2, -0.15) is 5.10 Å². The van der Waals surface area contributed by atoms with Gasteiger partial charge in [-0.3, -0.25) is 4.79 Å². The van der Waals surface area contributed by atoms with E-state index in [-0.39, 0.29) is 5.91 Å². The molecule has 2 aromatic heterocycles. The average molecular weight is 461 g/mol. The number of benzene rings is 2. The van der Waals surface area contributed by atoms with E-state index in [9.17, 15) is 4.79 Å². The van der Waals surface area contributed by atoms with Crippen LogP contribution in [0.3, 0.4) is 0 Å². The smallest absolute Gasteiger partial charge is 0.255 e. The van der Waals surface area contributed by atoms with Crippen molar-refractivity contribution in [1.82, 2.24) is 24.6 Å². The van der Waals surface area contributed by atoms with Gasteiger partial charge in [-0.25, -0.2) is 14.6 Å². The number of fused-ring (bicyclic) bond motifs is 1. The van der Waals surface area contributed by atoms with Crippen molar-refractivity contribution in [3.63, 3.8) is 0 Å². The fourth-order valence-corrected chi connectivity index (χ4v) is 4.60. The molecule has 2 aromatic carbocycles. The Bertz CT molecular complexity index is 1320. The van der Waals surface area contributed by atoms with Gasteiger partial charge in [-0.1, -0.05) is 41.9 Å². The first kappa shape index (κ1) is 21.4. The molecule has 168 valence electrons. The Labute approximate surface area is 197 Å². The van der Waals surface area contributed by atoms with E-state index in [1.54, 1.807) is 12.1 Å². The third kappa shape index (κ3) is 4.04. The van der Waals surface area contributed by atoms with Crippen molar-refractivity contribution >= 4 is 34.4 Å². The van der Waals surface area contributed by atoms with E-state index in [0.29, 0.717) is 36.0 Å². The first-order valence-corrected chi connectivity index (χ1v) is 11.5. The van der Waals surface area contributed by atoms with Gasteiger partial charge in [0, 0.05) is 26.2 Å². The summed E-state index contributed by atoms with van der Waals surface area (Å²) in [6.45, 7) is 6.66. The molecule has 0 N–H and O–H groups in total. The quantitative estimate of drug-likeness (QED) is 0.452. The molecule has 1 aliphatic rings. The van der Waals surface area contributed by atoms with E-state index in [0.717, 1.165) is 41.2 Å². The number of rotatable bonds is 3. The second-order valence-electron chi connectivity index (χ2n) is 8.24. The maximum Gasteiger partial charge on any atom is 0.255 e. The van der Waals surface area contributed by atoms with Gasteiger partial charge in [0.25, 0.3) is 5.91 Å². The van der Waals surface area contributed by atoms with Crippen LogP contribution in [-0.4, -0.2) is 56.7 Å². The lowest BCUT2D eigenvalue weighted by molar-refractivity contribution is 0.0767. The summed E-state index contributed by atoms with van der Waals surface area (Å²) in [6, 6.07) is 17.2. The summed E-state index contributed by atoms with van der Waals surface area (Å²) in [5.41, 5.74) is 3.20. The Morgan fingerprint density at radius 3 is 2.45 bits per heavy atom. The summed E-state index contributed by atoms with van der Waals surface area (Å²) in [7, 11) is 0. The lowest BCUT2D eigenvalue weighted by Gasteiger charge is -2.24. The van der Waals surface area contributed by atoms with Crippen LogP contribution in [0.1, 0.15) is 28.3 Å². The Balaban J connectivity index is 1.47. The number of aromatic nitrogens is 4. The molecule has 1 aliphatic heterocycles. The number of hydrogen-bond acceptors (Lipinski definition) is 5. The summed E-state index contributed by atoms with van der Waals surface area (Å²) in [4.78, 5) is 26.8. The molecule has 1 fully saturated rings. The first-order valence-electron chi connectivity index (χ1n) is 11.1. The maximum atomic E-state index is 13.1. The normalized spacial score (nSPS) is 14.5. The number of aryl methyl sites for hydroxylation is 2. The van der Waals surface area contributed by atoms with Crippen molar-refractivity contribution in [2.75, 3.05) is 31.1 Å². The standard InChI is InChI=1S/C25H25ClN6O/c1-17-22-23(27-18(2)28-24(22)32(29-17)19-9-4-3-5-10-19)30-13-8-14-31(16-15-30)25(33)20-11-6-7-12-21(20)26/h3-7,9-12H,8,13-16H2,1-2H3. The topological polar surface area (TPSA) is 67.2 Å². The third-order valence-electron chi connectivity index (χ3n) is 5.98. The number of hydrogen-bond donors (Lipinski definition) is 0. The van der Waals surface area contributed by atoms with Crippen LogP contribution in [0.25, 0.3) is 16.7 Å². The molecule has 0 radical (unpaired) electrons. The first-order chi connectivity index (χ1) is 16.0. The number of carbonyl (C=O) groups excluding carboxylic acids is 1. The number of amides is 1. The van der Waals surface area contributed by atoms with E-state index in [1.807, 2.05) is 65.9 Å². The van der Waals surface area contributed by atoms with E-state index in [1.165, 1.54) is 0 Å². The molecule has 1 saturated heterocycles. The monoisotopic (exact) mass is 460 g/mol. The van der Waals surface area contributed by atoms with Crippen molar-refractivity contribution in [1.29, 1.82) is 0 Å². The third-order valence-corrected chi connectivity index (χ3v) is 6.31. The van der Waals surface area contributed by atoms with Gasteiger partial charge in [0.15, 0.2) is 5.65 Å². The second kappa shape index (κ2) is 8.83. The summed E-state index contributed by atoms with van der Waals surface area (Å²) in [5.74, 6) is 1.55. The highest BCUT2D eigenvalue weighted by atomic mass is 35.5. The van der Waals surface area contributed by atoms with Crippen LogP contribution >= 0.6 is 11.6 Å². The molecule has 33 heavy (non-hydrogen) atoms. The van der Waals surface area contributed by atoms with Crippen molar-refractivity contribution in [2.45, 2.75) is 20.3 Å². The maximum absolute atomic E-state index is 13.1. The van der Waals surface area contributed by atoms with E-state index < -0.39 is 0 Å². The number of anilines is 1. The molecular formula is C25H25ClN6O. The average Bonchev–Trinajstić information content (AvgIpc) is 2.99. The highest BCUT2D eigenvalue weighted by Gasteiger charge is 2.25. The van der Waals surface area contributed by atoms with Crippen molar-refractivity contribution in [3.8, 4) is 5.69 Å². The minimum absolute atomic E-state index is 0.0282. The van der Waals surface area contributed by atoms with Crippen molar-refractivity contribution < 1.29 is 4.79 Å². The zero-order chi connectivity index (χ0) is 22.9. The van der Waals surface area contributed by atoms with Gasteiger partial charge >= 0.3 is 0 Å². The fraction of sp³-hybridized carbons (Fsp3) is 0.280. The molecule has 8 heteroatoms. The van der Waals surface area contributed by atoms with Gasteiger partial charge in [-0.05, 0) is 44.5 Å². The molecule has 0 spiro atoms. The minimum atomic E-state index is -0.0282. The molecule has 3 heterocycles. The number of para-hydroxylation sites is 1. The minimum Gasteiger partial charge on any atom is -0.354 e. The number of nitrogens with zero attached hydrogens (tertiary/aromatic N) is 6. The summed E-state index contributed by atoms with van der Waals surface area (Å²) in [5, 5.41) is 6.22. The highest BCUT2D eigenvalue weighted by Crippen LogP contribution is 2.30. The predicted octanol–water partition coefficient (Wildman–Crippen LogP) is 4.44. The van der Waals surface area contributed by atoms with Crippen molar-refractivity contribution in [3.05, 3.63) is 76.7 Å². The van der Waals surface area contributed by atoms with Crippen LogP contribution in [0.5, 0.6) is 0 Å². The molecule has 0 aliphatic carbocycles. The lowest BCUT2D eigenvalue weighted by atomic mass is 10.2. The van der Waals surface area contributed by atoms with Crippen LogP contribution in [0.15, 0.2) is 54.6 Å². The molecule has 4 aromatic rings. The zero-order valence-electron chi connectivity index (χ0n) is 18.7. The molecule has 0 bridgehead atoms. The predicted molar refractivity (Wildman–Crippen MR) is 130 cm³/mol. The van der Waals surface area contributed by atoms with E-state index >= 15 is 0 Å². The molecular weight excluding hydrogens is 436 g/mol. The fourth-order valence-electron chi connectivity index (χ4n) is 4.38. The largest absolute Gasteiger partial charge is 0.354 e. The number of halogens is 1. The van der Waals surface area contributed by atoms with Crippen molar-refractivity contribution in [2.24, 2.45) is 0 Å². The van der Waals surface area contributed by atoms with Gasteiger partial charge in [0.1, 0.15) is 11.6 Å². The van der Waals surface area contributed by atoms with Gasteiger partial charge in [0.05, 0.1) is 27.4 Å². The SMILES string of the molecule is Cc1nc(N2CCCN(C(=O)c3ccccc3Cl)CC2)c2c(C)nn(-c3ccccc3)c2n1. The van der Waals surface area contributed by atoms with E-state index in [2.05, 4.69) is 4.90 Å². The Kier molecular flexibility index (Phi) is 5.72. The number of carbonyl (C=O) groups is 1. The van der Waals surface area contributed by atoms with Crippen LogP contribution in [0.2, 0.25) is 5.02 Å². The molecule has 0 atom stereocenters. The van der Waals surface area contributed by atoms with Crippen LogP contribution < -0.4 is 4.90 Å². The molecule has 7 nitrogen and oxygen atoms in total. The summed E-state index contributed by atoms with van der Waals surface area (Å²) in [6.07, 6.45) is 0.840. The van der Waals surface area contributed by atoms with Crippen LogP contribution in [0.4, 0.5) is 5.82 Å². The second-order valence-corrected chi connectivity index (χ2v) is 8.65. The highest BCUT2D eigenvalue weighted by molar-refractivity contribution is 6.33. The van der Waals surface area contributed by atoms with E-state index in [4.69, 9.17) is 26.7 Å². The van der Waals surface area contributed by atoms with Gasteiger partial charge in [0.2, 0.25) is 0 Å². The lowest BCUT2D eigenvalue weighted by Crippen LogP contribution is -2.35. The van der Waals surface area contributed by atoms with Crippen LogP contribution in [-0.2, 0) is 0 Å². The Morgan fingerprint density at radius 2 is 1.67 bits per heavy atom. The Morgan fingerprint density at radius 1 is 0.909 bits per heavy atom. The molecule has 1 amide bonds. The zero-order valence-corrected chi connectivity index (χ0v) is 19.5. The molecule has 5 rings (SSSR count). The van der Waals surface area contributed by atoms with Gasteiger partial charge in [-0.15, -0.1) is 0 Å².